The first-order valence-electron chi connectivity index (χ1n) is 4.82. The van der Waals surface area contributed by atoms with E-state index in [0.717, 1.165) is 0 Å². The van der Waals surface area contributed by atoms with E-state index in [2.05, 4.69) is 5.32 Å². The van der Waals surface area contributed by atoms with Gasteiger partial charge < -0.3 is 10.4 Å². The highest BCUT2D eigenvalue weighted by Gasteiger charge is 2.06. The van der Waals surface area contributed by atoms with Crippen molar-refractivity contribution in [2.75, 3.05) is 6.54 Å². The molecule has 2 N–H and O–H groups in total. The van der Waals surface area contributed by atoms with E-state index >= 15 is 0 Å². The third-order valence-corrected chi connectivity index (χ3v) is 1.63. The number of carbonyl (C=O) groups excluding carboxylic acids is 1. The summed E-state index contributed by atoms with van der Waals surface area (Å²) >= 11 is 0. The van der Waals surface area contributed by atoms with Gasteiger partial charge in [0.05, 0.1) is 0 Å². The average Bonchev–Trinajstić information content (AvgIpc) is 2.15. The molecular formula is C11H17NO3. The number of hydrogen-bond acceptors (Lipinski definition) is 2. The first kappa shape index (κ1) is 13.4. The number of carboxylic acid groups (broad SMARTS) is 1. The van der Waals surface area contributed by atoms with E-state index in [1.54, 1.807) is 19.1 Å². The number of nitrogens with one attached hydrogen (secondary N) is 1. The van der Waals surface area contributed by atoms with Gasteiger partial charge in [-0.15, -0.1) is 0 Å². The second-order valence-electron chi connectivity index (χ2n) is 3.42. The minimum atomic E-state index is -1.05. The average molecular weight is 211 g/mol. The van der Waals surface area contributed by atoms with Gasteiger partial charge in [-0.05, 0) is 12.8 Å². The molecule has 0 bridgehead atoms. The molecule has 0 saturated carbocycles. The third kappa shape index (κ3) is 6.49. The summed E-state index contributed by atoms with van der Waals surface area (Å²) in [6.07, 6.45) is 5.23. The fourth-order valence-corrected chi connectivity index (χ4v) is 0.857. The Morgan fingerprint density at radius 3 is 2.40 bits per heavy atom. The molecule has 0 rings (SSSR count). The Bertz CT molecular complexity index is 290. The second-order valence-corrected chi connectivity index (χ2v) is 3.42. The van der Waals surface area contributed by atoms with Crippen LogP contribution in [-0.4, -0.2) is 23.5 Å². The lowest BCUT2D eigenvalue weighted by molar-refractivity contribution is -0.137. The maximum absolute atomic E-state index is 11.4. The molecule has 0 spiro atoms. The third-order valence-electron chi connectivity index (χ3n) is 1.63. The maximum atomic E-state index is 11.4. The van der Waals surface area contributed by atoms with Crippen molar-refractivity contribution in [1.29, 1.82) is 0 Å². The number of carbonyl (C=O) groups is 2. The van der Waals surface area contributed by atoms with Crippen LogP contribution in [0, 0.1) is 5.92 Å². The molecule has 0 aromatic heterocycles. The van der Waals surface area contributed by atoms with Crippen molar-refractivity contribution in [2.45, 2.75) is 20.8 Å². The molecule has 0 saturated heterocycles. The molecule has 84 valence electrons. The van der Waals surface area contributed by atoms with Crippen molar-refractivity contribution in [2.24, 2.45) is 5.92 Å². The quantitative estimate of drug-likeness (QED) is 0.532. The summed E-state index contributed by atoms with van der Waals surface area (Å²) in [7, 11) is 0. The molecule has 4 nitrogen and oxygen atoms in total. The van der Waals surface area contributed by atoms with Gasteiger partial charge in [0.25, 0.3) is 5.91 Å². The normalized spacial score (nSPS) is 12.1. The summed E-state index contributed by atoms with van der Waals surface area (Å²) in [6.45, 7) is 5.38. The molecular weight excluding hydrogens is 194 g/mol. The fraction of sp³-hybridized carbons (Fsp3) is 0.455. The van der Waals surface area contributed by atoms with Crippen LogP contribution in [0.4, 0.5) is 0 Å². The maximum Gasteiger partial charge on any atom is 0.322 e. The summed E-state index contributed by atoms with van der Waals surface area (Å²) < 4.78 is 0. The van der Waals surface area contributed by atoms with Gasteiger partial charge in [0.15, 0.2) is 0 Å². The van der Waals surface area contributed by atoms with E-state index in [-0.39, 0.29) is 12.5 Å². The number of rotatable bonds is 5. The van der Waals surface area contributed by atoms with E-state index in [9.17, 15) is 9.59 Å². The SMILES string of the molecule is C/C=C(\C=C/C(C)C)C(=O)NCC(=O)O. The number of amides is 1. The Kier molecular flexibility index (Phi) is 6.09. The lowest BCUT2D eigenvalue weighted by Gasteiger charge is -2.03. The molecule has 0 aromatic rings. The van der Waals surface area contributed by atoms with Gasteiger partial charge in [-0.3, -0.25) is 9.59 Å². The molecule has 0 aliphatic carbocycles. The number of hydrogen-bond donors (Lipinski definition) is 2. The summed E-state index contributed by atoms with van der Waals surface area (Å²) in [6, 6.07) is 0. The summed E-state index contributed by atoms with van der Waals surface area (Å²) in [5.74, 6) is -1.06. The van der Waals surface area contributed by atoms with Gasteiger partial charge in [-0.25, -0.2) is 0 Å². The monoisotopic (exact) mass is 211 g/mol. The van der Waals surface area contributed by atoms with Gasteiger partial charge in [0.2, 0.25) is 0 Å². The van der Waals surface area contributed by atoms with Crippen LogP contribution in [0.25, 0.3) is 0 Å². The summed E-state index contributed by atoms with van der Waals surface area (Å²) in [5, 5.41) is 10.7. The van der Waals surface area contributed by atoms with Gasteiger partial charge in [-0.1, -0.05) is 32.1 Å². The molecule has 15 heavy (non-hydrogen) atoms. The van der Waals surface area contributed by atoms with Crippen LogP contribution in [-0.2, 0) is 9.59 Å². The molecule has 0 heterocycles. The first-order valence-corrected chi connectivity index (χ1v) is 4.82. The van der Waals surface area contributed by atoms with E-state index in [1.165, 1.54) is 0 Å². The van der Waals surface area contributed by atoms with Crippen LogP contribution in [0.2, 0.25) is 0 Å². The Labute approximate surface area is 89.7 Å². The fourth-order valence-electron chi connectivity index (χ4n) is 0.857. The van der Waals surface area contributed by atoms with Crippen molar-refractivity contribution >= 4 is 11.9 Å². The zero-order valence-corrected chi connectivity index (χ0v) is 9.28. The molecule has 1 amide bonds. The van der Waals surface area contributed by atoms with Crippen molar-refractivity contribution in [1.82, 2.24) is 5.32 Å². The van der Waals surface area contributed by atoms with E-state index < -0.39 is 5.97 Å². The van der Waals surface area contributed by atoms with Crippen LogP contribution in [0.5, 0.6) is 0 Å². The Morgan fingerprint density at radius 2 is 2.00 bits per heavy atom. The topological polar surface area (TPSA) is 66.4 Å². The zero-order chi connectivity index (χ0) is 11.8. The highest BCUT2D eigenvalue weighted by Crippen LogP contribution is 2.01. The molecule has 0 fully saturated rings. The van der Waals surface area contributed by atoms with Crippen molar-refractivity contribution in [3.63, 3.8) is 0 Å². The van der Waals surface area contributed by atoms with Gasteiger partial charge in [0.1, 0.15) is 6.54 Å². The lowest BCUT2D eigenvalue weighted by Crippen LogP contribution is -2.29. The van der Waals surface area contributed by atoms with Crippen molar-refractivity contribution in [3.8, 4) is 0 Å². The molecule has 0 radical (unpaired) electrons. The smallest absolute Gasteiger partial charge is 0.322 e. The predicted octanol–water partition coefficient (Wildman–Crippen LogP) is 1.35. The number of allylic oxidation sites excluding steroid dienone is 2. The lowest BCUT2D eigenvalue weighted by atomic mass is 10.1. The van der Waals surface area contributed by atoms with E-state index in [1.807, 2.05) is 19.9 Å². The Balaban J connectivity index is 4.31. The summed E-state index contributed by atoms with van der Waals surface area (Å²) in [4.78, 5) is 21.6. The van der Waals surface area contributed by atoms with Crippen LogP contribution < -0.4 is 5.32 Å². The first-order chi connectivity index (χ1) is 6.97. The van der Waals surface area contributed by atoms with Gasteiger partial charge in [0, 0.05) is 5.57 Å². The Morgan fingerprint density at radius 1 is 1.40 bits per heavy atom. The van der Waals surface area contributed by atoms with Crippen LogP contribution in [0.1, 0.15) is 20.8 Å². The van der Waals surface area contributed by atoms with Gasteiger partial charge in [-0.2, -0.15) is 0 Å². The minimum absolute atomic E-state index is 0.354. The number of carboxylic acids is 1. The second kappa shape index (κ2) is 6.81. The van der Waals surface area contributed by atoms with Crippen LogP contribution in [0.15, 0.2) is 23.8 Å². The Hall–Kier alpha value is -1.58. The predicted molar refractivity (Wildman–Crippen MR) is 58.4 cm³/mol. The van der Waals surface area contributed by atoms with Crippen molar-refractivity contribution < 1.29 is 14.7 Å². The zero-order valence-electron chi connectivity index (χ0n) is 9.28. The molecule has 4 heteroatoms. The molecule has 0 unspecified atom stereocenters. The number of aliphatic carboxylic acids is 1. The highest BCUT2D eigenvalue weighted by atomic mass is 16.4. The summed E-state index contributed by atoms with van der Waals surface area (Å²) in [5.41, 5.74) is 0.477. The van der Waals surface area contributed by atoms with Crippen LogP contribution >= 0.6 is 0 Å². The minimum Gasteiger partial charge on any atom is -0.480 e. The van der Waals surface area contributed by atoms with Crippen LogP contribution in [0.3, 0.4) is 0 Å². The molecule has 0 aliphatic heterocycles. The van der Waals surface area contributed by atoms with Crippen molar-refractivity contribution in [3.05, 3.63) is 23.8 Å². The molecule has 0 aliphatic rings. The largest absolute Gasteiger partial charge is 0.480 e. The molecule has 0 aromatic carbocycles. The van der Waals surface area contributed by atoms with Gasteiger partial charge >= 0.3 is 5.97 Å². The van der Waals surface area contributed by atoms with E-state index in [0.29, 0.717) is 11.5 Å². The molecule has 0 atom stereocenters. The highest BCUT2D eigenvalue weighted by molar-refractivity contribution is 5.97. The standard InChI is InChI=1S/C11H17NO3/c1-4-9(6-5-8(2)3)11(15)12-7-10(13)14/h4-6,8H,7H2,1-3H3,(H,12,15)(H,13,14)/b6-5-,9-4+. The van der Waals surface area contributed by atoms with E-state index in [4.69, 9.17) is 5.11 Å².